The summed E-state index contributed by atoms with van der Waals surface area (Å²) in [7, 11) is 0. The molecule has 0 amide bonds. The van der Waals surface area contributed by atoms with Gasteiger partial charge in [0, 0.05) is 49.5 Å². The van der Waals surface area contributed by atoms with E-state index in [-0.39, 0.29) is 5.41 Å². The van der Waals surface area contributed by atoms with E-state index in [9.17, 15) is 0 Å². The zero-order valence-corrected chi connectivity index (χ0v) is 40.1. The molecule has 0 N–H and O–H groups in total. The van der Waals surface area contributed by atoms with E-state index in [0.29, 0.717) is 0 Å². The first-order valence-electron chi connectivity index (χ1n) is 24.9. The van der Waals surface area contributed by atoms with E-state index in [1.807, 2.05) is 12.1 Å². The van der Waals surface area contributed by atoms with Gasteiger partial charge in [-0.05, 0) is 134 Å². The Morgan fingerprint density at radius 1 is 0.347 bits per heavy atom. The Morgan fingerprint density at radius 3 is 1.72 bits per heavy atom. The lowest BCUT2D eigenvalue weighted by Crippen LogP contribution is -2.15. The minimum Gasteiger partial charge on any atom is -0.456 e. The Bertz CT molecular complexity index is 4230. The smallest absolute Gasteiger partial charge is 0.135 e. The summed E-state index contributed by atoms with van der Waals surface area (Å²) in [6, 6.07) is 92.9. The van der Waals surface area contributed by atoms with Crippen molar-refractivity contribution in [1.29, 1.82) is 0 Å². The zero-order chi connectivity index (χ0) is 47.9. The second-order valence-corrected chi connectivity index (χ2v) is 19.6. The van der Waals surface area contributed by atoms with Crippen molar-refractivity contribution < 1.29 is 4.42 Å². The molecule has 0 radical (unpaired) electrons. The molecule has 0 spiro atoms. The molecule has 1 aliphatic rings. The van der Waals surface area contributed by atoms with Crippen LogP contribution in [-0.4, -0.2) is 4.57 Å². The van der Waals surface area contributed by atoms with Crippen molar-refractivity contribution in [2.24, 2.45) is 0 Å². The van der Waals surface area contributed by atoms with E-state index in [4.69, 9.17) is 4.42 Å². The molecule has 340 valence electrons. The molecule has 14 rings (SSSR count). The van der Waals surface area contributed by atoms with Crippen molar-refractivity contribution in [2.75, 3.05) is 4.90 Å². The lowest BCUT2D eigenvalue weighted by atomic mass is 9.81. The monoisotopic (exact) mass is 920 g/mol. The van der Waals surface area contributed by atoms with Crippen molar-refractivity contribution in [3.63, 3.8) is 0 Å². The molecule has 0 unspecified atom stereocenters. The molecule has 11 aromatic carbocycles. The molecule has 0 fully saturated rings. The minimum absolute atomic E-state index is 0.206. The van der Waals surface area contributed by atoms with Crippen LogP contribution in [0.25, 0.3) is 105 Å². The third-order valence-electron chi connectivity index (χ3n) is 15.2. The summed E-state index contributed by atoms with van der Waals surface area (Å²) in [5.74, 6) is 0. The topological polar surface area (TPSA) is 21.3 Å². The van der Waals surface area contributed by atoms with Gasteiger partial charge in [0.15, 0.2) is 0 Å². The number of furan rings is 1. The first kappa shape index (κ1) is 41.8. The third-order valence-corrected chi connectivity index (χ3v) is 15.2. The molecule has 0 atom stereocenters. The summed E-state index contributed by atoms with van der Waals surface area (Å²) < 4.78 is 8.59. The van der Waals surface area contributed by atoms with Crippen LogP contribution in [0.5, 0.6) is 0 Å². The van der Waals surface area contributed by atoms with Crippen LogP contribution in [0.4, 0.5) is 17.1 Å². The van der Waals surface area contributed by atoms with E-state index < -0.39 is 0 Å². The van der Waals surface area contributed by atoms with Crippen molar-refractivity contribution in [1.82, 2.24) is 4.57 Å². The lowest BCUT2D eigenvalue weighted by molar-refractivity contribution is 0.660. The van der Waals surface area contributed by atoms with Gasteiger partial charge in [0.2, 0.25) is 0 Å². The van der Waals surface area contributed by atoms with Crippen LogP contribution in [0.3, 0.4) is 0 Å². The number of hydrogen-bond donors (Lipinski definition) is 0. The van der Waals surface area contributed by atoms with Gasteiger partial charge in [-0.15, -0.1) is 0 Å². The van der Waals surface area contributed by atoms with Crippen LogP contribution in [0.2, 0.25) is 0 Å². The van der Waals surface area contributed by atoms with Crippen LogP contribution in [0, 0.1) is 0 Å². The fourth-order valence-electron chi connectivity index (χ4n) is 11.8. The molecule has 3 nitrogen and oxygen atoms in total. The van der Waals surface area contributed by atoms with Crippen molar-refractivity contribution >= 4 is 60.8 Å². The molecule has 13 aromatic rings. The van der Waals surface area contributed by atoms with Crippen LogP contribution >= 0.6 is 0 Å². The van der Waals surface area contributed by atoms with Crippen molar-refractivity contribution in [2.45, 2.75) is 19.3 Å². The van der Waals surface area contributed by atoms with Crippen LogP contribution in [0.15, 0.2) is 259 Å². The van der Waals surface area contributed by atoms with Crippen LogP contribution in [-0.2, 0) is 5.41 Å². The maximum absolute atomic E-state index is 6.19. The highest BCUT2D eigenvalue weighted by molar-refractivity contribution is 6.16. The van der Waals surface area contributed by atoms with Gasteiger partial charge in [0.05, 0.1) is 22.4 Å². The maximum Gasteiger partial charge on any atom is 0.135 e. The number of hydrogen-bond acceptors (Lipinski definition) is 2. The number of nitrogens with zero attached hydrogens (tertiary/aromatic N) is 2. The minimum atomic E-state index is -0.206. The van der Waals surface area contributed by atoms with E-state index in [2.05, 4.69) is 266 Å². The Balaban J connectivity index is 0.887. The Hall–Kier alpha value is -9.18. The average molecular weight is 921 g/mol. The highest BCUT2D eigenvalue weighted by Crippen LogP contribution is 2.53. The third kappa shape index (κ3) is 6.58. The number of benzene rings is 11. The van der Waals surface area contributed by atoms with Crippen LogP contribution in [0.1, 0.15) is 25.0 Å². The first-order chi connectivity index (χ1) is 35.5. The predicted octanol–water partition coefficient (Wildman–Crippen LogP) is 19.1. The standard InChI is InChI=1S/C69H48N2O/c1-69(2)60-40-35-48(43-58(60)55-39-34-49(44-61(55)69)54-26-17-30-65-68(54)57-25-11-15-29-64(57)71(65)50-20-7-4-8-21-50)53-23-10-14-28-63(53)70(62-27-13-9-22-52(62)46-18-5-3-6-19-46)51-37-32-45(33-38-51)47-36-41-67-59(42-47)56-24-12-16-31-66(56)72-67/h3-44H,1-2H3. The van der Waals surface area contributed by atoms with Crippen molar-refractivity contribution in [3.05, 3.63) is 266 Å². The van der Waals surface area contributed by atoms with Gasteiger partial charge in [-0.25, -0.2) is 0 Å². The number of para-hydroxylation sites is 5. The zero-order valence-electron chi connectivity index (χ0n) is 40.1. The van der Waals surface area contributed by atoms with Crippen LogP contribution < -0.4 is 4.90 Å². The summed E-state index contributed by atoms with van der Waals surface area (Å²) in [5, 5.41) is 4.80. The van der Waals surface area contributed by atoms with Gasteiger partial charge in [-0.2, -0.15) is 0 Å². The van der Waals surface area contributed by atoms with Gasteiger partial charge in [0.1, 0.15) is 11.2 Å². The predicted molar refractivity (Wildman–Crippen MR) is 302 cm³/mol. The second-order valence-electron chi connectivity index (χ2n) is 19.6. The van der Waals surface area contributed by atoms with Gasteiger partial charge < -0.3 is 13.9 Å². The molecular formula is C69H48N2O. The van der Waals surface area contributed by atoms with E-state index in [0.717, 1.165) is 61.3 Å². The molecular weight excluding hydrogens is 873 g/mol. The lowest BCUT2D eigenvalue weighted by Gasteiger charge is -2.30. The highest BCUT2D eigenvalue weighted by Gasteiger charge is 2.36. The molecule has 0 saturated heterocycles. The summed E-state index contributed by atoms with van der Waals surface area (Å²) in [6.07, 6.45) is 0. The van der Waals surface area contributed by atoms with E-state index in [1.165, 1.54) is 72.0 Å². The molecule has 72 heavy (non-hydrogen) atoms. The number of rotatable bonds is 8. The Morgan fingerprint density at radius 2 is 0.931 bits per heavy atom. The van der Waals surface area contributed by atoms with Gasteiger partial charge in [-0.1, -0.05) is 190 Å². The normalized spacial score (nSPS) is 12.7. The summed E-state index contributed by atoms with van der Waals surface area (Å²) >= 11 is 0. The van der Waals surface area contributed by atoms with Gasteiger partial charge >= 0.3 is 0 Å². The Kier molecular flexibility index (Phi) is 9.56. The average Bonchev–Trinajstić information content (AvgIpc) is 4.06. The number of aromatic nitrogens is 1. The van der Waals surface area contributed by atoms with E-state index in [1.54, 1.807) is 0 Å². The van der Waals surface area contributed by atoms with E-state index >= 15 is 0 Å². The number of fused-ring (bicyclic) bond motifs is 9. The first-order valence-corrected chi connectivity index (χ1v) is 24.9. The molecule has 0 aliphatic heterocycles. The molecule has 2 heterocycles. The molecule has 1 aliphatic carbocycles. The van der Waals surface area contributed by atoms with Gasteiger partial charge in [0.25, 0.3) is 0 Å². The Labute approximate surface area is 419 Å². The largest absolute Gasteiger partial charge is 0.456 e. The molecule has 2 aromatic heterocycles. The quantitative estimate of drug-likeness (QED) is 0.151. The summed E-state index contributed by atoms with van der Waals surface area (Å²) in [6.45, 7) is 4.77. The summed E-state index contributed by atoms with van der Waals surface area (Å²) in [5.41, 5.74) is 23.2. The number of anilines is 3. The molecule has 0 saturated carbocycles. The fraction of sp³-hybridized carbons (Fsp3) is 0.0435. The molecule has 0 bridgehead atoms. The second kappa shape index (κ2) is 16.5. The SMILES string of the molecule is CC1(C)c2ccc(-c3ccccc3N(c3ccc(-c4ccc5oc6ccccc6c5c4)cc3)c3ccccc3-c3ccccc3)cc2-c2ccc(-c3cccc4c3c3ccccc3n4-c3ccccc3)cc21. The maximum atomic E-state index is 6.19. The van der Waals surface area contributed by atoms with Gasteiger partial charge in [-0.3, -0.25) is 0 Å². The summed E-state index contributed by atoms with van der Waals surface area (Å²) in [4.78, 5) is 2.45. The fourth-order valence-corrected chi connectivity index (χ4v) is 11.8. The van der Waals surface area contributed by atoms with Crippen molar-refractivity contribution in [3.8, 4) is 61.3 Å². The molecule has 3 heteroatoms. The highest BCUT2D eigenvalue weighted by atomic mass is 16.3.